The molecule has 7 aromatic carbocycles. The number of hydrogen-bond donors (Lipinski definition) is 0. The highest BCUT2D eigenvalue weighted by Crippen LogP contribution is 2.48. The Morgan fingerprint density at radius 2 is 1.18 bits per heavy atom. The molecule has 1 aliphatic rings. The van der Waals surface area contributed by atoms with E-state index in [4.69, 9.17) is 9.97 Å². The van der Waals surface area contributed by atoms with E-state index in [0.29, 0.717) is 0 Å². The summed E-state index contributed by atoms with van der Waals surface area (Å²) < 4.78 is 7.49. The van der Waals surface area contributed by atoms with Crippen LogP contribution in [-0.4, -0.2) is 14.5 Å². The topological polar surface area (TPSA) is 30.7 Å². The van der Waals surface area contributed by atoms with Gasteiger partial charge in [0.2, 0.25) is 0 Å². The third kappa shape index (κ3) is 5.09. The summed E-state index contributed by atoms with van der Waals surface area (Å²) in [5, 5.41) is 6.38. The van der Waals surface area contributed by atoms with Crippen LogP contribution >= 0.6 is 22.7 Å². The van der Waals surface area contributed by atoms with Crippen molar-refractivity contribution in [1.29, 1.82) is 0 Å². The Balaban J connectivity index is 1.24. The molecule has 4 heterocycles. The van der Waals surface area contributed by atoms with Crippen molar-refractivity contribution < 1.29 is 0 Å². The second kappa shape index (κ2) is 13.0. The van der Waals surface area contributed by atoms with E-state index in [1.54, 1.807) is 11.3 Å². The standard InChI is InChI=1S/C52H33N3S2/c1-4-16-32(17-5-1)39-30-35(48-51-49(38-24-12-15-27-44(38)57-51)54-52(53-48)34-20-8-3-9-21-34)31-40(33-18-6-2-7-19-33)50(39)55-41-25-13-10-22-36(41)46-42(55)28-29-45-47(46)37-23-11-14-26-43(37)56-45/h1,3-6,8-31H,2,7H2. The first-order valence-electron chi connectivity index (χ1n) is 19.5. The normalized spacial score (nSPS) is 13.2. The number of benzene rings is 7. The Kier molecular flexibility index (Phi) is 7.40. The Labute approximate surface area is 337 Å². The first-order chi connectivity index (χ1) is 28.3. The van der Waals surface area contributed by atoms with Crippen molar-refractivity contribution in [3.63, 3.8) is 0 Å². The number of nitrogens with zero attached hydrogens (tertiary/aromatic N) is 3. The van der Waals surface area contributed by atoms with Gasteiger partial charge in [0.05, 0.1) is 32.6 Å². The lowest BCUT2D eigenvalue weighted by Crippen LogP contribution is -2.04. The maximum Gasteiger partial charge on any atom is 0.160 e. The van der Waals surface area contributed by atoms with Gasteiger partial charge in [0.1, 0.15) is 0 Å². The van der Waals surface area contributed by atoms with Gasteiger partial charge in [0.25, 0.3) is 0 Å². The van der Waals surface area contributed by atoms with Crippen LogP contribution in [0.4, 0.5) is 0 Å². The van der Waals surface area contributed by atoms with E-state index in [-0.39, 0.29) is 0 Å². The Morgan fingerprint density at radius 3 is 1.96 bits per heavy atom. The SMILES string of the molecule is C1=CC(c2cc(-c3nc(-c4ccccc4)nc4c3sc3ccccc34)cc(-c3ccccc3)c2-n2c3ccccc3c3c4c(ccc32)sc2ccccc24)=CCC1. The third-order valence-electron chi connectivity index (χ3n) is 11.4. The monoisotopic (exact) mass is 763 g/mol. The molecule has 0 unspecified atom stereocenters. The number of para-hydroxylation sites is 1. The molecule has 0 fully saturated rings. The van der Waals surface area contributed by atoms with Gasteiger partial charge in [-0.3, -0.25) is 0 Å². The lowest BCUT2D eigenvalue weighted by molar-refractivity contribution is 1.04. The minimum atomic E-state index is 0.736. The minimum absolute atomic E-state index is 0.736. The van der Waals surface area contributed by atoms with Crippen LogP contribution in [0.2, 0.25) is 0 Å². The van der Waals surface area contributed by atoms with Crippen molar-refractivity contribution in [2.75, 3.05) is 0 Å². The van der Waals surface area contributed by atoms with E-state index >= 15 is 0 Å². The summed E-state index contributed by atoms with van der Waals surface area (Å²) in [4.78, 5) is 10.7. The van der Waals surface area contributed by atoms with E-state index < -0.39 is 0 Å². The quantitative estimate of drug-likeness (QED) is 0.175. The molecule has 11 aromatic rings. The van der Waals surface area contributed by atoms with E-state index in [9.17, 15) is 0 Å². The highest BCUT2D eigenvalue weighted by molar-refractivity contribution is 7.26. The molecular weight excluding hydrogens is 731 g/mol. The van der Waals surface area contributed by atoms with Crippen LogP contribution in [0.5, 0.6) is 0 Å². The molecule has 0 amide bonds. The van der Waals surface area contributed by atoms with Crippen LogP contribution in [-0.2, 0) is 0 Å². The molecule has 1 aliphatic carbocycles. The van der Waals surface area contributed by atoms with Crippen LogP contribution in [0.15, 0.2) is 176 Å². The molecule has 3 nitrogen and oxygen atoms in total. The molecular formula is C52H33N3S2. The molecule has 0 aliphatic heterocycles. The van der Waals surface area contributed by atoms with Crippen molar-refractivity contribution in [2.45, 2.75) is 12.8 Å². The second-order valence-corrected chi connectivity index (χ2v) is 16.9. The molecule has 0 saturated carbocycles. The summed E-state index contributed by atoms with van der Waals surface area (Å²) in [5.41, 5.74) is 12.4. The predicted octanol–water partition coefficient (Wildman–Crippen LogP) is 15.0. The zero-order chi connectivity index (χ0) is 37.5. The van der Waals surface area contributed by atoms with Crippen LogP contribution in [0.1, 0.15) is 18.4 Å². The van der Waals surface area contributed by atoms with Crippen molar-refractivity contribution in [3.05, 3.63) is 182 Å². The fourth-order valence-corrected chi connectivity index (χ4v) is 11.2. The van der Waals surface area contributed by atoms with Gasteiger partial charge in [-0.15, -0.1) is 22.7 Å². The van der Waals surface area contributed by atoms with Gasteiger partial charge in [-0.05, 0) is 66.4 Å². The zero-order valence-corrected chi connectivity index (χ0v) is 32.4. The van der Waals surface area contributed by atoms with Crippen LogP contribution in [0.25, 0.3) is 107 Å². The van der Waals surface area contributed by atoms with E-state index in [0.717, 1.165) is 62.2 Å². The minimum Gasteiger partial charge on any atom is -0.308 e. The molecule has 0 radical (unpaired) electrons. The summed E-state index contributed by atoms with van der Waals surface area (Å²) in [6.07, 6.45) is 9.10. The van der Waals surface area contributed by atoms with Gasteiger partial charge in [-0.25, -0.2) is 9.97 Å². The zero-order valence-electron chi connectivity index (χ0n) is 30.8. The molecule has 57 heavy (non-hydrogen) atoms. The van der Waals surface area contributed by atoms with Crippen molar-refractivity contribution in [1.82, 2.24) is 14.5 Å². The maximum absolute atomic E-state index is 5.46. The van der Waals surface area contributed by atoms with E-state index in [2.05, 4.69) is 174 Å². The van der Waals surface area contributed by atoms with E-state index in [1.165, 1.54) is 63.5 Å². The molecule has 5 heteroatoms. The first-order valence-corrected chi connectivity index (χ1v) is 21.1. The van der Waals surface area contributed by atoms with Crippen LogP contribution in [0.3, 0.4) is 0 Å². The number of aromatic nitrogens is 3. The van der Waals surface area contributed by atoms with E-state index in [1.807, 2.05) is 17.4 Å². The first kappa shape index (κ1) is 32.6. The molecule has 0 bridgehead atoms. The van der Waals surface area contributed by atoms with Gasteiger partial charge in [-0.1, -0.05) is 133 Å². The number of rotatable bonds is 5. The van der Waals surface area contributed by atoms with Gasteiger partial charge in [0.15, 0.2) is 5.82 Å². The second-order valence-electron chi connectivity index (χ2n) is 14.7. The lowest BCUT2D eigenvalue weighted by Gasteiger charge is -2.22. The lowest BCUT2D eigenvalue weighted by atomic mass is 9.89. The van der Waals surface area contributed by atoms with Crippen molar-refractivity contribution in [2.24, 2.45) is 0 Å². The summed E-state index contributed by atoms with van der Waals surface area (Å²) in [6.45, 7) is 0. The van der Waals surface area contributed by atoms with Gasteiger partial charge < -0.3 is 4.57 Å². The molecule has 0 spiro atoms. The third-order valence-corrected chi connectivity index (χ3v) is 13.7. The summed E-state index contributed by atoms with van der Waals surface area (Å²) in [6, 6.07) is 57.2. The molecule has 12 rings (SSSR count). The van der Waals surface area contributed by atoms with Gasteiger partial charge in [0, 0.05) is 63.3 Å². The smallest absolute Gasteiger partial charge is 0.160 e. The Morgan fingerprint density at radius 1 is 0.491 bits per heavy atom. The molecule has 0 atom stereocenters. The number of fused-ring (bicyclic) bond motifs is 10. The van der Waals surface area contributed by atoms with Crippen molar-refractivity contribution in [3.8, 4) is 39.5 Å². The van der Waals surface area contributed by atoms with Crippen molar-refractivity contribution >= 4 is 90.5 Å². The Hall–Kier alpha value is -6.66. The highest BCUT2D eigenvalue weighted by atomic mass is 32.1. The summed E-state index contributed by atoms with van der Waals surface area (Å²) in [5.74, 6) is 0.736. The number of thiophene rings is 2. The highest BCUT2D eigenvalue weighted by Gasteiger charge is 2.25. The molecule has 268 valence electrons. The summed E-state index contributed by atoms with van der Waals surface area (Å²) in [7, 11) is 0. The van der Waals surface area contributed by atoms with Crippen LogP contribution < -0.4 is 0 Å². The number of allylic oxidation sites excluding steroid dienone is 4. The average molecular weight is 764 g/mol. The fraction of sp³-hybridized carbons (Fsp3) is 0.0385. The number of hydrogen-bond acceptors (Lipinski definition) is 4. The molecule has 0 N–H and O–H groups in total. The van der Waals surface area contributed by atoms with Gasteiger partial charge >= 0.3 is 0 Å². The van der Waals surface area contributed by atoms with Crippen LogP contribution in [0, 0.1) is 0 Å². The van der Waals surface area contributed by atoms with Gasteiger partial charge in [-0.2, -0.15) is 0 Å². The predicted molar refractivity (Wildman–Crippen MR) is 245 cm³/mol. The fourth-order valence-electron chi connectivity index (χ4n) is 8.90. The average Bonchev–Trinajstić information content (AvgIpc) is 3.96. The summed E-state index contributed by atoms with van der Waals surface area (Å²) >= 11 is 3.66. The largest absolute Gasteiger partial charge is 0.308 e. The molecule has 0 saturated heterocycles. The molecule has 4 aromatic heterocycles. The maximum atomic E-state index is 5.46. The Bertz CT molecular complexity index is 3460.